The molecule has 1 aliphatic carbocycles. The number of aliphatic imine (C=N–C) groups is 1. The van der Waals surface area contributed by atoms with Gasteiger partial charge in [-0.25, -0.2) is 18.2 Å². The molecule has 49 heavy (non-hydrogen) atoms. The van der Waals surface area contributed by atoms with E-state index in [-0.39, 0.29) is 17.2 Å². The number of terminal acetylenes is 1. The molecule has 0 aliphatic heterocycles. The van der Waals surface area contributed by atoms with Crippen molar-refractivity contribution in [2.75, 3.05) is 40.1 Å². The van der Waals surface area contributed by atoms with E-state index in [2.05, 4.69) is 40.2 Å². The van der Waals surface area contributed by atoms with Crippen LogP contribution >= 0.6 is 11.8 Å². The fourth-order valence-electron chi connectivity index (χ4n) is 4.41. The number of aryl methyl sites for hydroxylation is 1. The van der Waals surface area contributed by atoms with Crippen LogP contribution in [-0.4, -0.2) is 71.8 Å². The molecule has 8 nitrogen and oxygen atoms in total. The van der Waals surface area contributed by atoms with Gasteiger partial charge in [0.2, 0.25) is 0 Å². The van der Waals surface area contributed by atoms with E-state index in [1.807, 2.05) is 32.4 Å². The van der Waals surface area contributed by atoms with E-state index in [9.17, 15) is 18.0 Å². The Bertz CT molecular complexity index is 1650. The molecule has 0 bridgehead atoms. The summed E-state index contributed by atoms with van der Waals surface area (Å²) < 4.78 is 52.6. The van der Waals surface area contributed by atoms with Gasteiger partial charge >= 0.3 is 14.0 Å². The molecule has 0 saturated heterocycles. The van der Waals surface area contributed by atoms with Gasteiger partial charge in [-0.1, -0.05) is 5.57 Å². The number of methoxy groups -OCH3 is 1. The molecule has 1 radical (unpaired) electrons. The summed E-state index contributed by atoms with van der Waals surface area (Å²) in [6.07, 6.45) is 10.1. The second-order valence-electron chi connectivity index (χ2n) is 10.3. The van der Waals surface area contributed by atoms with Crippen LogP contribution in [0.5, 0.6) is 11.5 Å². The Balaban J connectivity index is 0.000000504. The summed E-state index contributed by atoms with van der Waals surface area (Å²) in [4.78, 5) is 19.7. The number of benzene rings is 2. The first-order valence-electron chi connectivity index (χ1n) is 15.2. The van der Waals surface area contributed by atoms with Crippen molar-refractivity contribution in [3.05, 3.63) is 81.1 Å². The van der Waals surface area contributed by atoms with Crippen LogP contribution in [0.2, 0.25) is 0 Å². The Labute approximate surface area is 293 Å². The van der Waals surface area contributed by atoms with Crippen LogP contribution in [0.3, 0.4) is 0 Å². The second kappa shape index (κ2) is 22.3. The standard InChI is InChI=1S/C22H23F3N2OS.C12H14N2O2.CH2B.CH5N/c1-6-28-22-13(3)8-20(16(11-26-5)14(4)12-29-7-2)27-21(22)15-9-18(24)19(25)10-17(15)23;1-16-11-5-8(7-15)4-9(12(11)13)6-14-10-2-3-10;2*1-2/h2,8-10,12,16,26H,6,11H2,1,3-5H3;4-7,10H,2-3,13H2,1H3;1H2;2H2,1H3/b14-12+;;;. The van der Waals surface area contributed by atoms with Gasteiger partial charge in [0.1, 0.15) is 29.3 Å². The minimum absolute atomic E-state index is 0.136. The third kappa shape index (κ3) is 12.5. The van der Waals surface area contributed by atoms with Crippen molar-refractivity contribution >= 4 is 43.9 Å². The van der Waals surface area contributed by atoms with Gasteiger partial charge in [-0.2, -0.15) is 0 Å². The molecule has 13 heteroatoms. The van der Waals surface area contributed by atoms with Gasteiger partial charge in [-0.05, 0) is 100.0 Å². The molecular weight excluding hydrogens is 650 g/mol. The average Bonchev–Trinajstić information content (AvgIpc) is 3.95. The number of carbonyl (C=O) groups is 1. The Kier molecular flexibility index (Phi) is 19.4. The molecule has 1 heterocycles. The van der Waals surface area contributed by atoms with Crippen molar-refractivity contribution < 1.29 is 27.4 Å². The third-order valence-electron chi connectivity index (χ3n) is 6.88. The maximum atomic E-state index is 14.5. The van der Waals surface area contributed by atoms with Crippen LogP contribution in [0.15, 0.2) is 46.3 Å². The Morgan fingerprint density at radius 1 is 1.20 bits per heavy atom. The van der Waals surface area contributed by atoms with E-state index in [4.69, 9.17) is 21.6 Å². The molecule has 1 aromatic heterocycles. The van der Waals surface area contributed by atoms with E-state index in [0.717, 1.165) is 41.9 Å². The van der Waals surface area contributed by atoms with Gasteiger partial charge in [0, 0.05) is 41.4 Å². The zero-order valence-electron chi connectivity index (χ0n) is 28.8. The quantitative estimate of drug-likeness (QED) is 0.0509. The molecule has 5 N–H and O–H groups in total. The number of carbonyl (C=O) groups excluding carboxylic acids is 1. The first-order valence-corrected chi connectivity index (χ1v) is 16.1. The molecule has 1 saturated carbocycles. The Hall–Kier alpha value is -4.38. The van der Waals surface area contributed by atoms with Crippen molar-refractivity contribution in [3.8, 4) is 34.4 Å². The molecule has 1 aliphatic rings. The maximum absolute atomic E-state index is 14.5. The molecule has 0 amide bonds. The van der Waals surface area contributed by atoms with Crippen molar-refractivity contribution in [1.29, 1.82) is 0 Å². The topological polar surface area (TPSA) is 125 Å². The van der Waals surface area contributed by atoms with Crippen LogP contribution in [0, 0.1) is 36.1 Å². The normalized spacial score (nSPS) is 12.6. The summed E-state index contributed by atoms with van der Waals surface area (Å²) in [5, 5.41) is 7.46. The van der Waals surface area contributed by atoms with E-state index in [1.54, 1.807) is 25.3 Å². The van der Waals surface area contributed by atoms with Gasteiger partial charge < -0.3 is 26.3 Å². The molecule has 2 aromatic carbocycles. The van der Waals surface area contributed by atoms with Crippen LogP contribution in [0.1, 0.15) is 59.8 Å². The van der Waals surface area contributed by atoms with E-state index < -0.39 is 17.5 Å². The van der Waals surface area contributed by atoms with Crippen molar-refractivity contribution in [2.24, 2.45) is 10.7 Å². The predicted molar refractivity (Wildman–Crippen MR) is 199 cm³/mol. The number of hydrogen-bond acceptors (Lipinski definition) is 9. The van der Waals surface area contributed by atoms with E-state index in [1.165, 1.54) is 25.9 Å². The number of nitrogen functional groups attached to an aromatic ring is 1. The molecule has 4 rings (SSSR count). The van der Waals surface area contributed by atoms with Crippen LogP contribution in [0.25, 0.3) is 11.3 Å². The molecule has 3 aromatic rings. The number of anilines is 1. The zero-order chi connectivity index (χ0) is 37.1. The summed E-state index contributed by atoms with van der Waals surface area (Å²) in [7, 11) is 9.09. The summed E-state index contributed by atoms with van der Waals surface area (Å²) in [6.45, 7) is 9.15. The Morgan fingerprint density at radius 2 is 1.86 bits per heavy atom. The number of hydrogen-bond donors (Lipinski definition) is 3. The number of pyridine rings is 1. The molecule has 1 fully saturated rings. The summed E-state index contributed by atoms with van der Waals surface area (Å²) in [5.74, 6) is -2.61. The number of likely N-dealkylation sites (N-methyl/N-ethyl adjacent to an activating group) is 1. The molecule has 1 atom stereocenters. The molecular formula is C36H44BF3N5O3S. The van der Waals surface area contributed by atoms with Crippen molar-refractivity contribution in [2.45, 2.75) is 45.6 Å². The number of thioether (sulfide) groups is 1. The number of halogens is 3. The Morgan fingerprint density at radius 3 is 2.41 bits per heavy atom. The van der Waals surface area contributed by atoms with Crippen LogP contribution in [0.4, 0.5) is 18.9 Å². The number of ether oxygens (including phenoxy) is 2. The third-order valence-corrected chi connectivity index (χ3v) is 7.51. The number of aromatic nitrogens is 1. The molecule has 0 spiro atoms. The minimum atomic E-state index is -1.25. The fraction of sp³-hybridized carbons (Fsp3) is 0.333. The van der Waals surface area contributed by atoms with Gasteiger partial charge in [-0.15, -0.1) is 6.42 Å². The number of nitrogens with one attached hydrogen (secondary N) is 1. The molecule has 1 unspecified atom stereocenters. The summed E-state index contributed by atoms with van der Waals surface area (Å²) >= 11 is 1.22. The van der Waals surface area contributed by atoms with Crippen LogP contribution < -0.4 is 26.3 Å². The van der Waals surface area contributed by atoms with Gasteiger partial charge in [0.15, 0.2) is 11.6 Å². The van der Waals surface area contributed by atoms with Gasteiger partial charge in [0.25, 0.3) is 0 Å². The number of nitrogens with zero attached hydrogens (tertiary/aromatic N) is 2. The molecule has 261 valence electrons. The number of nitrogens with two attached hydrogens (primary N) is 2. The van der Waals surface area contributed by atoms with Crippen molar-refractivity contribution in [3.63, 3.8) is 0 Å². The average molecular weight is 695 g/mol. The van der Waals surface area contributed by atoms with Crippen molar-refractivity contribution in [1.82, 2.24) is 10.3 Å². The SMILES string of the molecule is C#CS/C=C(\C)C(CNC)c1cc(C)c(OCC)c(-c2cc(F)c(F)cc2F)n1.CN.COc1cc(C=O)cc(C=NC2CC2)c1N.[B]=C. The second-order valence-corrected chi connectivity index (χ2v) is 11.0. The van der Waals surface area contributed by atoms with Gasteiger partial charge in [-0.3, -0.25) is 9.79 Å². The van der Waals surface area contributed by atoms with E-state index >= 15 is 0 Å². The zero-order valence-corrected chi connectivity index (χ0v) is 29.6. The van der Waals surface area contributed by atoms with Crippen LogP contribution in [-0.2, 0) is 0 Å². The first-order chi connectivity index (χ1) is 23.6. The summed E-state index contributed by atoms with van der Waals surface area (Å²) in [6, 6.07) is 6.96. The predicted octanol–water partition coefficient (Wildman–Crippen LogP) is 6.24. The number of rotatable bonds is 12. The van der Waals surface area contributed by atoms with Gasteiger partial charge in [0.05, 0.1) is 31.1 Å². The summed E-state index contributed by atoms with van der Waals surface area (Å²) in [5.41, 5.74) is 14.5. The first kappa shape index (κ1) is 42.6. The monoisotopic (exact) mass is 694 g/mol. The fourth-order valence-corrected chi connectivity index (χ4v) is 4.83. The number of aldehydes is 1. The van der Waals surface area contributed by atoms with E-state index in [0.29, 0.717) is 53.7 Å².